The van der Waals surface area contributed by atoms with Gasteiger partial charge in [-0.1, -0.05) is 12.1 Å². The van der Waals surface area contributed by atoms with Crippen LogP contribution in [-0.2, 0) is 10.2 Å². The number of amides is 1. The van der Waals surface area contributed by atoms with Crippen LogP contribution in [0.5, 0.6) is 23.4 Å². The number of rotatable bonds is 6. The maximum absolute atomic E-state index is 13.2. The Morgan fingerprint density at radius 3 is 2.68 bits per heavy atom. The number of carbonyl (C=O) groups excluding carboxylic acids is 1. The Morgan fingerprint density at radius 2 is 1.90 bits per heavy atom. The summed E-state index contributed by atoms with van der Waals surface area (Å²) in [7, 11) is 3.00. The average Bonchev–Trinajstić information content (AvgIpc) is 3.49. The Bertz CT molecular complexity index is 1160. The lowest BCUT2D eigenvalue weighted by molar-refractivity contribution is -0.118. The van der Waals surface area contributed by atoms with Gasteiger partial charge in [-0.2, -0.15) is 4.98 Å². The van der Waals surface area contributed by atoms with Gasteiger partial charge in [0.25, 0.3) is 0 Å². The van der Waals surface area contributed by atoms with Crippen LogP contribution in [0.3, 0.4) is 0 Å². The van der Waals surface area contributed by atoms with Crippen LogP contribution in [0.15, 0.2) is 42.6 Å². The molecule has 1 aliphatic carbocycles. The molecule has 3 heterocycles. The minimum absolute atomic E-state index is 0.103. The standard InChI is InChI=1S/C22H20N4O5/c1-28-19-14(11-23-21(26-19)29-2)15-4-3-5-18(24-15)25-20(27)22(8-9-22)13-6-7-16-17(10-13)31-12-30-16/h3-7,10-11H,8-9,12H2,1-2H3,(H,24,25,27). The van der Waals surface area contributed by atoms with Crippen molar-refractivity contribution in [2.45, 2.75) is 18.3 Å². The molecule has 0 spiro atoms. The Labute approximate surface area is 178 Å². The van der Waals surface area contributed by atoms with Crippen molar-refractivity contribution in [2.24, 2.45) is 0 Å². The van der Waals surface area contributed by atoms with Gasteiger partial charge >= 0.3 is 6.01 Å². The Morgan fingerprint density at radius 1 is 1.06 bits per heavy atom. The smallest absolute Gasteiger partial charge is 0.319 e. The highest BCUT2D eigenvalue weighted by atomic mass is 16.7. The van der Waals surface area contributed by atoms with E-state index < -0.39 is 5.41 Å². The van der Waals surface area contributed by atoms with Gasteiger partial charge in [-0.3, -0.25) is 4.79 Å². The molecule has 31 heavy (non-hydrogen) atoms. The summed E-state index contributed by atoms with van der Waals surface area (Å²) in [6.45, 7) is 0.202. The first-order chi connectivity index (χ1) is 15.1. The summed E-state index contributed by atoms with van der Waals surface area (Å²) in [5, 5.41) is 2.95. The highest BCUT2D eigenvalue weighted by molar-refractivity contribution is 6.01. The molecule has 1 aromatic carbocycles. The number of hydrogen-bond donors (Lipinski definition) is 1. The first-order valence-corrected chi connectivity index (χ1v) is 9.77. The van der Waals surface area contributed by atoms with Crippen molar-refractivity contribution in [3.63, 3.8) is 0 Å². The third kappa shape index (κ3) is 3.37. The molecule has 0 bridgehead atoms. The average molecular weight is 420 g/mol. The maximum atomic E-state index is 13.2. The molecule has 2 aliphatic rings. The van der Waals surface area contributed by atoms with Crippen LogP contribution in [0.4, 0.5) is 5.82 Å². The molecule has 0 radical (unpaired) electrons. The van der Waals surface area contributed by atoms with Crippen molar-refractivity contribution in [1.82, 2.24) is 15.0 Å². The molecule has 0 atom stereocenters. The van der Waals surface area contributed by atoms with Crippen LogP contribution in [-0.4, -0.2) is 41.9 Å². The monoisotopic (exact) mass is 420 g/mol. The fraction of sp³-hybridized carbons (Fsp3) is 0.273. The molecule has 5 rings (SSSR count). The van der Waals surface area contributed by atoms with E-state index in [1.165, 1.54) is 14.2 Å². The van der Waals surface area contributed by atoms with E-state index in [9.17, 15) is 4.79 Å². The Balaban J connectivity index is 1.39. The van der Waals surface area contributed by atoms with Crippen LogP contribution in [0.2, 0.25) is 0 Å². The third-order valence-corrected chi connectivity index (χ3v) is 5.48. The summed E-state index contributed by atoms with van der Waals surface area (Å²) in [4.78, 5) is 26.0. The van der Waals surface area contributed by atoms with Crippen molar-refractivity contribution in [2.75, 3.05) is 26.3 Å². The highest BCUT2D eigenvalue weighted by Crippen LogP contribution is 2.51. The van der Waals surface area contributed by atoms with E-state index in [-0.39, 0.29) is 18.7 Å². The molecule has 1 fully saturated rings. The zero-order valence-corrected chi connectivity index (χ0v) is 17.0. The van der Waals surface area contributed by atoms with E-state index in [1.807, 2.05) is 24.3 Å². The largest absolute Gasteiger partial charge is 0.480 e. The van der Waals surface area contributed by atoms with E-state index in [0.717, 1.165) is 18.4 Å². The van der Waals surface area contributed by atoms with Gasteiger partial charge in [0.2, 0.25) is 18.6 Å². The molecule has 3 aromatic rings. The first-order valence-electron chi connectivity index (χ1n) is 9.77. The number of pyridine rings is 1. The predicted molar refractivity (Wildman–Crippen MR) is 110 cm³/mol. The van der Waals surface area contributed by atoms with Gasteiger partial charge in [-0.05, 0) is 42.7 Å². The lowest BCUT2D eigenvalue weighted by Crippen LogP contribution is -2.28. The fourth-order valence-electron chi connectivity index (χ4n) is 3.64. The number of fused-ring (bicyclic) bond motifs is 1. The lowest BCUT2D eigenvalue weighted by Gasteiger charge is -2.16. The number of hydrogen-bond acceptors (Lipinski definition) is 8. The van der Waals surface area contributed by atoms with Crippen LogP contribution in [0, 0.1) is 0 Å². The van der Waals surface area contributed by atoms with Crippen LogP contribution in [0.1, 0.15) is 18.4 Å². The van der Waals surface area contributed by atoms with Gasteiger partial charge in [0.1, 0.15) is 5.82 Å². The van der Waals surface area contributed by atoms with Gasteiger partial charge in [0.15, 0.2) is 11.5 Å². The second kappa shape index (κ2) is 7.42. The van der Waals surface area contributed by atoms with Crippen molar-refractivity contribution in [3.8, 4) is 34.6 Å². The molecule has 158 valence electrons. The third-order valence-electron chi connectivity index (χ3n) is 5.48. The van der Waals surface area contributed by atoms with Gasteiger partial charge < -0.3 is 24.3 Å². The highest BCUT2D eigenvalue weighted by Gasteiger charge is 2.51. The molecular formula is C22H20N4O5. The predicted octanol–water partition coefficient (Wildman–Crippen LogP) is 2.95. The molecule has 1 aliphatic heterocycles. The zero-order chi connectivity index (χ0) is 21.4. The summed E-state index contributed by atoms with van der Waals surface area (Å²) < 4.78 is 21.2. The second-order valence-electron chi connectivity index (χ2n) is 7.29. The van der Waals surface area contributed by atoms with Crippen LogP contribution < -0.4 is 24.3 Å². The summed E-state index contributed by atoms with van der Waals surface area (Å²) >= 11 is 0. The van der Waals surface area contributed by atoms with E-state index in [1.54, 1.807) is 18.3 Å². The number of ether oxygens (including phenoxy) is 4. The quantitative estimate of drug-likeness (QED) is 0.649. The molecule has 2 aromatic heterocycles. The van der Waals surface area contributed by atoms with E-state index >= 15 is 0 Å². The summed E-state index contributed by atoms with van der Waals surface area (Å²) in [6.07, 6.45) is 3.10. The zero-order valence-electron chi connectivity index (χ0n) is 17.0. The normalized spacial score (nSPS) is 15.3. The van der Waals surface area contributed by atoms with E-state index in [4.69, 9.17) is 18.9 Å². The van der Waals surface area contributed by atoms with Gasteiger partial charge in [-0.15, -0.1) is 0 Å². The van der Waals surface area contributed by atoms with Gasteiger partial charge in [0.05, 0.1) is 30.9 Å². The fourth-order valence-corrected chi connectivity index (χ4v) is 3.64. The number of benzene rings is 1. The van der Waals surface area contributed by atoms with Gasteiger partial charge in [-0.25, -0.2) is 9.97 Å². The second-order valence-corrected chi connectivity index (χ2v) is 7.29. The van der Waals surface area contributed by atoms with Gasteiger partial charge in [0, 0.05) is 6.20 Å². The molecule has 1 saturated carbocycles. The van der Waals surface area contributed by atoms with Crippen molar-refractivity contribution < 1.29 is 23.7 Å². The molecule has 9 nitrogen and oxygen atoms in total. The van der Waals surface area contributed by atoms with Crippen molar-refractivity contribution >= 4 is 11.7 Å². The number of nitrogens with zero attached hydrogens (tertiary/aromatic N) is 3. The van der Waals surface area contributed by atoms with Crippen molar-refractivity contribution in [3.05, 3.63) is 48.2 Å². The summed E-state index contributed by atoms with van der Waals surface area (Å²) in [6, 6.07) is 11.2. The number of methoxy groups -OCH3 is 2. The molecule has 0 saturated heterocycles. The number of aromatic nitrogens is 3. The number of carbonyl (C=O) groups is 1. The lowest BCUT2D eigenvalue weighted by atomic mass is 9.94. The molecule has 1 N–H and O–H groups in total. The summed E-state index contributed by atoms with van der Waals surface area (Å²) in [5.74, 6) is 2.04. The van der Waals surface area contributed by atoms with Crippen LogP contribution in [0.25, 0.3) is 11.3 Å². The topological polar surface area (TPSA) is 105 Å². The SMILES string of the molecule is COc1ncc(-c2cccc(NC(=O)C3(c4ccc5c(c4)OCO5)CC3)n2)c(OC)n1. The number of anilines is 1. The minimum Gasteiger partial charge on any atom is -0.480 e. The van der Waals surface area contributed by atoms with E-state index in [0.29, 0.717) is 34.5 Å². The van der Waals surface area contributed by atoms with E-state index in [2.05, 4.69) is 20.3 Å². The molecular weight excluding hydrogens is 400 g/mol. The molecule has 1 amide bonds. The number of nitrogens with one attached hydrogen (secondary N) is 1. The maximum Gasteiger partial charge on any atom is 0.319 e. The van der Waals surface area contributed by atoms with Crippen molar-refractivity contribution in [1.29, 1.82) is 0 Å². The first kappa shape index (κ1) is 19.1. The molecule has 9 heteroatoms. The Hall–Kier alpha value is -3.88. The summed E-state index contributed by atoms with van der Waals surface area (Å²) in [5.41, 5.74) is 1.50. The Kier molecular flexibility index (Phi) is 4.58. The minimum atomic E-state index is -0.584. The molecule has 0 unspecified atom stereocenters. The van der Waals surface area contributed by atoms with Crippen LogP contribution >= 0.6 is 0 Å².